The van der Waals surface area contributed by atoms with Gasteiger partial charge in [0.2, 0.25) is 0 Å². The molecule has 3 aromatic heterocycles. The van der Waals surface area contributed by atoms with Crippen molar-refractivity contribution in [1.29, 1.82) is 0 Å². The van der Waals surface area contributed by atoms with Crippen LogP contribution in [0.2, 0.25) is 0 Å². The van der Waals surface area contributed by atoms with Crippen molar-refractivity contribution in [2.24, 2.45) is 17.8 Å². The summed E-state index contributed by atoms with van der Waals surface area (Å²) in [5, 5.41) is 16.2. The van der Waals surface area contributed by atoms with Crippen LogP contribution in [0.15, 0.2) is 16.1 Å². The summed E-state index contributed by atoms with van der Waals surface area (Å²) in [5.74, 6) is -0.845. The molecule has 0 fully saturated rings. The second-order valence-corrected chi connectivity index (χ2v) is 12.5. The van der Waals surface area contributed by atoms with Crippen molar-refractivity contribution in [2.75, 3.05) is 0 Å². The van der Waals surface area contributed by atoms with Gasteiger partial charge in [-0.1, -0.05) is 41.5 Å². The second kappa shape index (κ2) is 10.7. The third kappa shape index (κ3) is 5.50. The summed E-state index contributed by atoms with van der Waals surface area (Å²) >= 11 is 4.02. The molecule has 0 aliphatic carbocycles. The van der Waals surface area contributed by atoms with Crippen LogP contribution < -0.4 is 16.0 Å². The molecule has 3 atom stereocenters. The minimum Gasteiger partial charge on any atom is -0.341 e. The van der Waals surface area contributed by atoms with Crippen molar-refractivity contribution < 1.29 is 14.4 Å². The summed E-state index contributed by atoms with van der Waals surface area (Å²) in [6, 6.07) is -1.14. The van der Waals surface area contributed by atoms with Crippen LogP contribution in [0, 0.1) is 17.8 Å². The smallest absolute Gasteiger partial charge is 0.271 e. The lowest BCUT2D eigenvalue weighted by molar-refractivity contribution is 0.0918. The summed E-state index contributed by atoms with van der Waals surface area (Å²) < 4.78 is 0. The predicted molar refractivity (Wildman–Crippen MR) is 141 cm³/mol. The summed E-state index contributed by atoms with van der Waals surface area (Å²) in [4.78, 5) is 53.0. The molecule has 3 N–H and O–H groups in total. The molecule has 0 aromatic carbocycles. The molecule has 0 spiro atoms. The van der Waals surface area contributed by atoms with Crippen LogP contribution in [-0.2, 0) is 0 Å². The quantitative estimate of drug-likeness (QED) is 0.435. The molecule has 9 nitrogen and oxygen atoms in total. The van der Waals surface area contributed by atoms with E-state index in [-0.39, 0.29) is 70.7 Å². The van der Waals surface area contributed by atoms with Crippen molar-refractivity contribution in [3.63, 3.8) is 0 Å². The highest BCUT2D eigenvalue weighted by Gasteiger charge is 2.30. The zero-order valence-corrected chi connectivity index (χ0v) is 23.4. The third-order valence-corrected chi connectivity index (χ3v) is 8.71. The van der Waals surface area contributed by atoms with E-state index in [9.17, 15) is 14.4 Å². The maximum absolute atomic E-state index is 13.1. The molecular weight excluding hydrogens is 517 g/mol. The number of aromatic nitrogens is 3. The van der Waals surface area contributed by atoms with Gasteiger partial charge in [0, 0.05) is 16.1 Å². The molecule has 0 saturated carbocycles. The Balaban J connectivity index is 1.78. The Hall–Kier alpha value is -2.70. The highest BCUT2D eigenvalue weighted by molar-refractivity contribution is 7.10. The van der Waals surface area contributed by atoms with Gasteiger partial charge in [0.15, 0.2) is 0 Å². The number of hydrogen-bond donors (Lipinski definition) is 3. The molecule has 1 aliphatic heterocycles. The van der Waals surface area contributed by atoms with Crippen molar-refractivity contribution in [1.82, 2.24) is 30.9 Å². The van der Waals surface area contributed by atoms with E-state index in [2.05, 4.69) is 30.9 Å². The fraction of sp³-hybridized carbons (Fsp3) is 0.500. The van der Waals surface area contributed by atoms with Crippen molar-refractivity contribution in [2.45, 2.75) is 59.7 Å². The van der Waals surface area contributed by atoms with Crippen LogP contribution in [0.25, 0.3) is 0 Å². The highest BCUT2D eigenvalue weighted by atomic mass is 32.1. The topological polar surface area (TPSA) is 126 Å². The predicted octanol–water partition coefficient (Wildman–Crippen LogP) is 4.75. The van der Waals surface area contributed by atoms with Gasteiger partial charge in [0.25, 0.3) is 17.7 Å². The summed E-state index contributed by atoms with van der Waals surface area (Å²) in [7, 11) is 0. The molecular formula is C24H30N6O3S3. The molecule has 36 heavy (non-hydrogen) atoms. The summed E-state index contributed by atoms with van der Waals surface area (Å²) in [6.45, 7) is 11.9. The highest BCUT2D eigenvalue weighted by Crippen LogP contribution is 2.30. The number of amides is 3. The van der Waals surface area contributed by atoms with Crippen molar-refractivity contribution >= 4 is 51.7 Å². The monoisotopic (exact) mass is 546 g/mol. The summed E-state index contributed by atoms with van der Waals surface area (Å²) in [6.07, 6.45) is 0. The molecule has 0 saturated heterocycles. The molecule has 1 aliphatic rings. The van der Waals surface area contributed by atoms with Gasteiger partial charge in [-0.3, -0.25) is 14.4 Å². The van der Waals surface area contributed by atoms with E-state index in [1.54, 1.807) is 16.1 Å². The zero-order valence-electron chi connectivity index (χ0n) is 21.0. The largest absolute Gasteiger partial charge is 0.341 e. The standard InChI is InChI=1S/C24H30N6O3S3/c1-10(2)16-22-25-14(7-34-22)20(32)29-18(12(5)6)24-27-15(9-36-24)21(33)30-17(11(3)4)23-26-13(8-35-23)19(31)28-16/h7-12,16-18H,1-6H3,(H,28,31)(H,29,32)(H,30,33)/t16-,17-,18-/m0/s1. The first kappa shape index (κ1) is 26.4. The number of carbonyl (C=O) groups excluding carboxylic acids is 3. The minimum absolute atomic E-state index is 0.0413. The van der Waals surface area contributed by atoms with Crippen LogP contribution in [0.5, 0.6) is 0 Å². The van der Waals surface area contributed by atoms with E-state index in [1.165, 1.54) is 34.0 Å². The maximum atomic E-state index is 13.1. The van der Waals surface area contributed by atoms with Gasteiger partial charge in [-0.15, -0.1) is 34.0 Å². The molecule has 192 valence electrons. The molecule has 3 amide bonds. The minimum atomic E-state index is -0.379. The Morgan fingerprint density at radius 1 is 0.556 bits per heavy atom. The number of hydrogen-bond acceptors (Lipinski definition) is 9. The lowest BCUT2D eigenvalue weighted by Crippen LogP contribution is -2.34. The van der Waals surface area contributed by atoms with Gasteiger partial charge in [0.1, 0.15) is 32.1 Å². The lowest BCUT2D eigenvalue weighted by atomic mass is 10.0. The van der Waals surface area contributed by atoms with Crippen molar-refractivity contribution in [3.8, 4) is 0 Å². The number of rotatable bonds is 3. The van der Waals surface area contributed by atoms with Crippen LogP contribution in [0.4, 0.5) is 0 Å². The van der Waals surface area contributed by atoms with Gasteiger partial charge in [-0.05, 0) is 17.8 Å². The fourth-order valence-corrected chi connectivity index (χ4v) is 6.85. The third-order valence-electron chi connectivity index (χ3n) is 5.92. The van der Waals surface area contributed by atoms with E-state index in [0.717, 1.165) is 0 Å². The number of fused-ring (bicyclic) bond motifs is 6. The van der Waals surface area contributed by atoms with Crippen molar-refractivity contribution in [3.05, 3.63) is 48.2 Å². The SMILES string of the molecule is CC(C)[C@@H]1NC(=O)c2csc(n2)[C@H](C(C)C)NC(=O)c2csc(n2)[C@H](C(C)C)NC(=O)c2csc1n2. The van der Waals surface area contributed by atoms with Gasteiger partial charge in [-0.2, -0.15) is 0 Å². The maximum Gasteiger partial charge on any atom is 0.271 e. The van der Waals surface area contributed by atoms with Crippen LogP contribution in [0.3, 0.4) is 0 Å². The first-order valence-electron chi connectivity index (χ1n) is 11.8. The van der Waals surface area contributed by atoms with Gasteiger partial charge in [-0.25, -0.2) is 15.0 Å². The average Bonchev–Trinajstić information content (AvgIpc) is 3.58. The van der Waals surface area contributed by atoms with E-state index < -0.39 is 0 Å². The first-order chi connectivity index (χ1) is 17.0. The molecule has 3 aromatic rings. The number of thiazole rings is 3. The van der Waals surface area contributed by atoms with Crippen LogP contribution >= 0.6 is 34.0 Å². The van der Waals surface area contributed by atoms with Gasteiger partial charge >= 0.3 is 0 Å². The fourth-order valence-electron chi connectivity index (χ4n) is 3.79. The Morgan fingerprint density at radius 3 is 1.03 bits per heavy atom. The number of nitrogens with zero attached hydrogens (tertiary/aromatic N) is 3. The van der Waals surface area contributed by atoms with Crippen LogP contribution in [0.1, 0.15) is 106 Å². The average molecular weight is 547 g/mol. The number of nitrogens with one attached hydrogen (secondary N) is 3. The Labute approximate surface area is 222 Å². The first-order valence-corrected chi connectivity index (χ1v) is 14.5. The zero-order chi connectivity index (χ0) is 26.1. The van der Waals surface area contributed by atoms with Gasteiger partial charge in [0.05, 0.1) is 18.1 Å². The Kier molecular flexibility index (Phi) is 7.86. The number of carbonyl (C=O) groups is 3. The van der Waals surface area contributed by atoms with E-state index in [0.29, 0.717) is 15.0 Å². The molecule has 12 heteroatoms. The molecule has 4 rings (SSSR count). The van der Waals surface area contributed by atoms with E-state index in [1.807, 2.05) is 41.5 Å². The van der Waals surface area contributed by atoms with Gasteiger partial charge < -0.3 is 16.0 Å². The Morgan fingerprint density at radius 2 is 0.806 bits per heavy atom. The summed E-state index contributed by atoms with van der Waals surface area (Å²) in [5.41, 5.74) is 0.853. The molecule has 6 bridgehead atoms. The molecule has 0 unspecified atom stereocenters. The normalized spacial score (nSPS) is 21.2. The lowest BCUT2D eigenvalue weighted by Gasteiger charge is -2.21. The van der Waals surface area contributed by atoms with E-state index >= 15 is 0 Å². The van der Waals surface area contributed by atoms with E-state index in [4.69, 9.17) is 0 Å². The molecule has 0 radical (unpaired) electrons. The van der Waals surface area contributed by atoms with Crippen LogP contribution in [-0.4, -0.2) is 32.7 Å². The molecule has 4 heterocycles. The second-order valence-electron chi connectivity index (χ2n) is 9.80. The Bertz CT molecular complexity index is 1110.